The molecule has 1 atom stereocenters. The van der Waals surface area contributed by atoms with Crippen LogP contribution in [0.3, 0.4) is 0 Å². The van der Waals surface area contributed by atoms with Gasteiger partial charge in [0.25, 0.3) is 5.91 Å². The van der Waals surface area contributed by atoms with Crippen LogP contribution in [-0.2, 0) is 16.1 Å². The van der Waals surface area contributed by atoms with E-state index in [1.165, 1.54) is 11.2 Å². The molecule has 1 unspecified atom stereocenters. The topological polar surface area (TPSA) is 123 Å². The van der Waals surface area contributed by atoms with Crippen molar-refractivity contribution in [3.8, 4) is 16.9 Å². The van der Waals surface area contributed by atoms with Gasteiger partial charge in [-0.2, -0.15) is 0 Å². The van der Waals surface area contributed by atoms with E-state index in [1.807, 2.05) is 12.1 Å². The molecule has 0 aliphatic carbocycles. The van der Waals surface area contributed by atoms with E-state index >= 15 is 0 Å². The highest BCUT2D eigenvalue weighted by Gasteiger charge is 2.39. The van der Waals surface area contributed by atoms with Gasteiger partial charge in [0, 0.05) is 36.5 Å². The third-order valence-electron chi connectivity index (χ3n) is 5.13. The van der Waals surface area contributed by atoms with Crippen LogP contribution in [0.2, 0.25) is 0 Å². The maximum Gasteiger partial charge on any atom is 0.255 e. The molecule has 29 heavy (non-hydrogen) atoms. The van der Waals surface area contributed by atoms with Crippen molar-refractivity contribution < 1.29 is 14.4 Å². The first-order valence-corrected chi connectivity index (χ1v) is 9.06. The van der Waals surface area contributed by atoms with Crippen LogP contribution in [0.25, 0.3) is 16.9 Å². The zero-order chi connectivity index (χ0) is 20.0. The Bertz CT molecular complexity index is 1140. The SMILES string of the molecule is O=C1CCC(N2Cc3ccc(-n4cc(-c5cncnc5)nn4)cc3C2=O)C(=O)N1. The lowest BCUT2D eigenvalue weighted by Crippen LogP contribution is -2.52. The molecule has 3 aromatic rings. The molecule has 10 heteroatoms. The minimum Gasteiger partial charge on any atom is -0.322 e. The van der Waals surface area contributed by atoms with Gasteiger partial charge in [-0.05, 0) is 24.1 Å². The molecule has 0 bridgehead atoms. The second kappa shape index (κ2) is 6.59. The zero-order valence-corrected chi connectivity index (χ0v) is 15.1. The average Bonchev–Trinajstić information content (AvgIpc) is 3.34. The van der Waals surface area contributed by atoms with Crippen molar-refractivity contribution in [2.45, 2.75) is 25.4 Å². The Morgan fingerprint density at radius 2 is 1.93 bits per heavy atom. The quantitative estimate of drug-likeness (QED) is 0.647. The number of benzene rings is 1. The van der Waals surface area contributed by atoms with Crippen molar-refractivity contribution in [3.05, 3.63) is 54.2 Å². The van der Waals surface area contributed by atoms with Crippen LogP contribution in [-0.4, -0.2) is 53.6 Å². The zero-order valence-electron chi connectivity index (χ0n) is 15.1. The van der Waals surface area contributed by atoms with Gasteiger partial charge in [0.15, 0.2) is 0 Å². The van der Waals surface area contributed by atoms with Crippen molar-refractivity contribution in [1.29, 1.82) is 0 Å². The number of nitrogens with zero attached hydrogens (tertiary/aromatic N) is 6. The lowest BCUT2D eigenvalue weighted by Gasteiger charge is -2.29. The third-order valence-corrected chi connectivity index (χ3v) is 5.13. The summed E-state index contributed by atoms with van der Waals surface area (Å²) in [5, 5.41) is 10.6. The van der Waals surface area contributed by atoms with E-state index in [-0.39, 0.29) is 18.2 Å². The molecule has 0 radical (unpaired) electrons. The lowest BCUT2D eigenvalue weighted by atomic mass is 10.0. The molecule has 3 amide bonds. The van der Waals surface area contributed by atoms with Crippen molar-refractivity contribution in [3.63, 3.8) is 0 Å². The van der Waals surface area contributed by atoms with E-state index in [2.05, 4.69) is 25.6 Å². The summed E-state index contributed by atoms with van der Waals surface area (Å²) in [6, 6.07) is 4.80. The molecule has 10 nitrogen and oxygen atoms in total. The fourth-order valence-corrected chi connectivity index (χ4v) is 3.64. The molecule has 1 saturated heterocycles. The molecule has 1 aromatic carbocycles. The highest BCUT2D eigenvalue weighted by Crippen LogP contribution is 2.29. The van der Waals surface area contributed by atoms with Crippen LogP contribution in [0, 0.1) is 0 Å². The number of nitrogens with one attached hydrogen (secondary N) is 1. The molecule has 144 valence electrons. The van der Waals surface area contributed by atoms with Gasteiger partial charge in [0.05, 0.1) is 11.9 Å². The van der Waals surface area contributed by atoms with Gasteiger partial charge in [-0.1, -0.05) is 11.3 Å². The van der Waals surface area contributed by atoms with E-state index in [0.29, 0.717) is 29.9 Å². The van der Waals surface area contributed by atoms with Gasteiger partial charge < -0.3 is 4.90 Å². The van der Waals surface area contributed by atoms with E-state index in [4.69, 9.17) is 0 Å². The maximum absolute atomic E-state index is 12.9. The van der Waals surface area contributed by atoms with Gasteiger partial charge >= 0.3 is 0 Å². The number of rotatable bonds is 3. The molecular weight excluding hydrogens is 374 g/mol. The number of aromatic nitrogens is 5. The van der Waals surface area contributed by atoms with Crippen LogP contribution in [0.4, 0.5) is 0 Å². The number of carbonyl (C=O) groups is 3. The maximum atomic E-state index is 12.9. The largest absolute Gasteiger partial charge is 0.322 e. The molecule has 5 rings (SSSR count). The van der Waals surface area contributed by atoms with Crippen LogP contribution in [0.1, 0.15) is 28.8 Å². The normalized spacial score (nSPS) is 18.7. The van der Waals surface area contributed by atoms with Crippen LogP contribution in [0.5, 0.6) is 0 Å². The fourth-order valence-electron chi connectivity index (χ4n) is 3.64. The number of hydrogen-bond donors (Lipinski definition) is 1. The summed E-state index contributed by atoms with van der Waals surface area (Å²) >= 11 is 0. The predicted molar refractivity (Wildman–Crippen MR) is 98.4 cm³/mol. The Hall–Kier alpha value is -3.95. The van der Waals surface area contributed by atoms with E-state index in [0.717, 1.165) is 11.1 Å². The highest BCUT2D eigenvalue weighted by molar-refractivity contribution is 6.05. The van der Waals surface area contributed by atoms with Crippen LogP contribution in [0.15, 0.2) is 43.1 Å². The van der Waals surface area contributed by atoms with Crippen molar-refractivity contribution in [1.82, 2.24) is 35.2 Å². The first-order chi connectivity index (χ1) is 14.1. The lowest BCUT2D eigenvalue weighted by molar-refractivity contribution is -0.136. The van der Waals surface area contributed by atoms with Gasteiger partial charge in [0.2, 0.25) is 11.8 Å². The highest BCUT2D eigenvalue weighted by atomic mass is 16.2. The second-order valence-corrected chi connectivity index (χ2v) is 6.92. The second-order valence-electron chi connectivity index (χ2n) is 6.92. The minimum absolute atomic E-state index is 0.229. The summed E-state index contributed by atoms with van der Waals surface area (Å²) in [4.78, 5) is 45.9. The number of imide groups is 1. The van der Waals surface area contributed by atoms with Crippen molar-refractivity contribution in [2.75, 3.05) is 0 Å². The summed E-state index contributed by atoms with van der Waals surface area (Å²) < 4.78 is 1.57. The summed E-state index contributed by atoms with van der Waals surface area (Å²) in [6.07, 6.45) is 7.03. The van der Waals surface area contributed by atoms with Gasteiger partial charge in [-0.15, -0.1) is 5.10 Å². The Labute approximate surface area is 164 Å². The Morgan fingerprint density at radius 1 is 1.10 bits per heavy atom. The fraction of sp³-hybridized carbons (Fsp3) is 0.211. The molecule has 0 saturated carbocycles. The van der Waals surface area contributed by atoms with Crippen LogP contribution >= 0.6 is 0 Å². The monoisotopic (exact) mass is 389 g/mol. The summed E-state index contributed by atoms with van der Waals surface area (Å²) in [6.45, 7) is 0.338. The first kappa shape index (κ1) is 17.2. The van der Waals surface area contributed by atoms with Gasteiger partial charge in [0.1, 0.15) is 18.1 Å². The Kier molecular flexibility index (Phi) is 3.90. The van der Waals surface area contributed by atoms with E-state index in [1.54, 1.807) is 29.3 Å². The Balaban J connectivity index is 1.42. The summed E-state index contributed by atoms with van der Waals surface area (Å²) in [5.74, 6) is -0.953. The molecule has 4 heterocycles. The predicted octanol–water partition coefficient (Wildman–Crippen LogP) is 0.485. The third kappa shape index (κ3) is 2.94. The molecule has 1 N–H and O–H groups in total. The minimum atomic E-state index is -0.632. The van der Waals surface area contributed by atoms with Crippen LogP contribution < -0.4 is 5.32 Å². The van der Waals surface area contributed by atoms with Crippen molar-refractivity contribution in [2.24, 2.45) is 0 Å². The standard InChI is InChI=1S/C19H15N7O3/c27-17-4-3-16(18(28)22-17)25-8-11-1-2-13(5-14(11)19(25)29)26-9-15(23-24-26)12-6-20-10-21-7-12/h1-2,5-7,9-10,16H,3-4,8H2,(H,22,27,28). The number of piperidine rings is 1. The molecule has 2 aliphatic rings. The van der Waals surface area contributed by atoms with E-state index < -0.39 is 11.9 Å². The average molecular weight is 389 g/mol. The smallest absolute Gasteiger partial charge is 0.255 e. The van der Waals surface area contributed by atoms with E-state index in [9.17, 15) is 14.4 Å². The Morgan fingerprint density at radius 3 is 2.72 bits per heavy atom. The number of hydrogen-bond acceptors (Lipinski definition) is 7. The number of carbonyl (C=O) groups excluding carboxylic acids is 3. The summed E-state index contributed by atoms with van der Waals surface area (Å²) in [7, 11) is 0. The number of fused-ring (bicyclic) bond motifs is 1. The molecular formula is C19H15N7O3. The number of amides is 3. The molecule has 2 aliphatic heterocycles. The van der Waals surface area contributed by atoms with Gasteiger partial charge in [-0.3, -0.25) is 19.7 Å². The van der Waals surface area contributed by atoms with Crippen molar-refractivity contribution >= 4 is 17.7 Å². The summed E-state index contributed by atoms with van der Waals surface area (Å²) in [5.41, 5.74) is 3.38. The van der Waals surface area contributed by atoms with Gasteiger partial charge in [-0.25, -0.2) is 14.6 Å². The molecule has 0 spiro atoms. The first-order valence-electron chi connectivity index (χ1n) is 9.06. The molecule has 1 fully saturated rings. The molecule has 2 aromatic heterocycles.